The summed E-state index contributed by atoms with van der Waals surface area (Å²) in [4.78, 5) is 13.0. The van der Waals surface area contributed by atoms with Crippen molar-refractivity contribution in [3.63, 3.8) is 0 Å². The summed E-state index contributed by atoms with van der Waals surface area (Å²) in [6.07, 6.45) is 26.8. The molecule has 1 aliphatic heterocycles. The van der Waals surface area contributed by atoms with Gasteiger partial charge < -0.3 is 9.84 Å². The van der Waals surface area contributed by atoms with Crippen molar-refractivity contribution in [2.75, 3.05) is 20.7 Å². The number of hydrogen-bond acceptors (Lipinski definition) is 4. The Bertz CT molecular complexity index is 616. The van der Waals surface area contributed by atoms with Gasteiger partial charge in [0, 0.05) is 6.42 Å². The Morgan fingerprint density at radius 3 is 1.70 bits per heavy atom. The highest BCUT2D eigenvalue weighted by Crippen LogP contribution is 2.34. The number of likely N-dealkylation sites (N-methyl/N-ethyl adjacent to an activating group) is 1. The van der Waals surface area contributed by atoms with Crippen LogP contribution in [-0.4, -0.2) is 60.2 Å². The van der Waals surface area contributed by atoms with E-state index in [0.717, 1.165) is 12.8 Å². The largest absolute Gasteiger partial charge is 0.390 e. The van der Waals surface area contributed by atoms with Gasteiger partial charge >= 0.3 is 0 Å². The predicted octanol–water partition coefficient (Wildman–Crippen LogP) is 8.09. The summed E-state index contributed by atoms with van der Waals surface area (Å²) < 4.78 is 12.3. The van der Waals surface area contributed by atoms with E-state index in [4.69, 9.17) is 9.47 Å². The van der Waals surface area contributed by atoms with E-state index in [2.05, 4.69) is 19.1 Å². The smallest absolute Gasteiger partial charge is 0.222 e. The first-order chi connectivity index (χ1) is 17.7. The van der Waals surface area contributed by atoms with Crippen LogP contribution in [0.25, 0.3) is 0 Å². The standard InChI is InChI=1S/C32H62NO4/c1-7-8-9-10-11-12-13-14-15-16-17-18-19-20-21-22-23-24-25-26-30(35)29(27-34)33(5,6)31-28(2)36-32(3,4)37-31/h14-15,28-29,31,34H,7-13,16-27H2,1-6H3/q+1. The lowest BCUT2D eigenvalue weighted by Gasteiger charge is -2.41. The molecule has 5 heteroatoms. The van der Waals surface area contributed by atoms with Crippen LogP contribution in [0.15, 0.2) is 12.2 Å². The lowest BCUT2D eigenvalue weighted by atomic mass is 10.0. The van der Waals surface area contributed by atoms with Crippen LogP contribution in [0, 0.1) is 0 Å². The maximum atomic E-state index is 13.0. The zero-order chi connectivity index (χ0) is 27.6. The molecule has 37 heavy (non-hydrogen) atoms. The summed E-state index contributed by atoms with van der Waals surface area (Å²) in [6.45, 7) is 7.89. The molecule has 1 heterocycles. The van der Waals surface area contributed by atoms with Crippen LogP contribution in [0.2, 0.25) is 0 Å². The number of ketones is 1. The van der Waals surface area contributed by atoms with Gasteiger partial charge in [-0.25, -0.2) is 0 Å². The molecule has 218 valence electrons. The molecule has 5 nitrogen and oxygen atoms in total. The molecule has 1 rings (SSSR count). The van der Waals surface area contributed by atoms with Gasteiger partial charge in [0.05, 0.1) is 14.1 Å². The monoisotopic (exact) mass is 524 g/mol. The number of hydrogen-bond donors (Lipinski definition) is 1. The molecular weight excluding hydrogens is 462 g/mol. The van der Waals surface area contributed by atoms with Crippen molar-refractivity contribution in [2.45, 2.75) is 167 Å². The first kappa shape index (κ1) is 34.3. The Hall–Kier alpha value is -0.750. The van der Waals surface area contributed by atoms with Crippen molar-refractivity contribution < 1.29 is 23.9 Å². The first-order valence-electron chi connectivity index (χ1n) is 15.6. The zero-order valence-electron chi connectivity index (χ0n) is 25.4. The average molecular weight is 525 g/mol. The Morgan fingerprint density at radius 2 is 1.27 bits per heavy atom. The SMILES string of the molecule is CCCCCCCCC=CCCCCCCCCCCCC(=O)C(CO)[N+](C)(C)C1OC(C)(C)OC1C. The second-order valence-corrected chi connectivity index (χ2v) is 12.3. The highest BCUT2D eigenvalue weighted by molar-refractivity contribution is 5.83. The number of carbonyl (C=O) groups excluding carboxylic acids is 1. The highest BCUT2D eigenvalue weighted by atomic mass is 16.8. The molecule has 0 aromatic heterocycles. The Kier molecular flexibility index (Phi) is 17.9. The summed E-state index contributed by atoms with van der Waals surface area (Å²) in [5.74, 6) is -0.527. The van der Waals surface area contributed by atoms with E-state index in [1.165, 1.54) is 96.3 Å². The molecule has 1 N–H and O–H groups in total. The summed E-state index contributed by atoms with van der Waals surface area (Å²) in [5, 5.41) is 10.0. The van der Waals surface area contributed by atoms with Crippen molar-refractivity contribution in [2.24, 2.45) is 0 Å². The summed E-state index contributed by atoms with van der Waals surface area (Å²) in [5.41, 5.74) is 0. The van der Waals surface area contributed by atoms with Crippen molar-refractivity contribution in [1.29, 1.82) is 0 Å². The molecule has 3 atom stereocenters. The first-order valence-corrected chi connectivity index (χ1v) is 15.6. The van der Waals surface area contributed by atoms with Crippen LogP contribution in [0.4, 0.5) is 0 Å². The van der Waals surface area contributed by atoms with E-state index in [-0.39, 0.29) is 24.7 Å². The minimum Gasteiger partial charge on any atom is -0.390 e. The number of unbranched alkanes of at least 4 members (excludes halogenated alkanes) is 15. The lowest BCUT2D eigenvalue weighted by Crippen LogP contribution is -2.62. The molecule has 1 fully saturated rings. The number of allylic oxidation sites excluding steroid dienone is 2. The summed E-state index contributed by atoms with van der Waals surface area (Å²) in [7, 11) is 3.94. The maximum absolute atomic E-state index is 13.0. The summed E-state index contributed by atoms with van der Waals surface area (Å²) >= 11 is 0. The van der Waals surface area contributed by atoms with Gasteiger partial charge in [-0.3, -0.25) is 14.0 Å². The number of ether oxygens (including phenoxy) is 2. The third kappa shape index (κ3) is 14.3. The molecule has 0 aromatic carbocycles. The van der Waals surface area contributed by atoms with Crippen LogP contribution in [0.5, 0.6) is 0 Å². The van der Waals surface area contributed by atoms with Gasteiger partial charge in [0.2, 0.25) is 6.23 Å². The van der Waals surface area contributed by atoms with Gasteiger partial charge in [0.1, 0.15) is 12.7 Å². The van der Waals surface area contributed by atoms with Crippen molar-refractivity contribution in [1.82, 2.24) is 0 Å². The number of nitrogens with zero attached hydrogens (tertiary/aromatic N) is 1. The number of Topliss-reactive ketones (excluding diaryl/α,β-unsaturated/α-hetero) is 1. The topological polar surface area (TPSA) is 55.8 Å². The molecule has 1 saturated heterocycles. The zero-order valence-corrected chi connectivity index (χ0v) is 25.4. The Morgan fingerprint density at radius 1 is 0.811 bits per heavy atom. The minimum atomic E-state index is -0.660. The fourth-order valence-electron chi connectivity index (χ4n) is 5.70. The molecule has 0 saturated carbocycles. The molecular formula is C32H62NO4+. The van der Waals surface area contributed by atoms with Gasteiger partial charge in [0.25, 0.3) is 0 Å². The number of quaternary nitrogens is 1. The molecule has 0 amide bonds. The maximum Gasteiger partial charge on any atom is 0.222 e. The lowest BCUT2D eigenvalue weighted by molar-refractivity contribution is -0.951. The second kappa shape index (κ2) is 19.3. The van der Waals surface area contributed by atoms with Gasteiger partial charge in [-0.15, -0.1) is 0 Å². The van der Waals surface area contributed by atoms with Gasteiger partial charge in [0.15, 0.2) is 17.6 Å². The van der Waals surface area contributed by atoms with Crippen molar-refractivity contribution >= 4 is 5.78 Å². The van der Waals surface area contributed by atoms with Gasteiger partial charge in [-0.2, -0.15) is 0 Å². The van der Waals surface area contributed by atoms with E-state index >= 15 is 0 Å². The second-order valence-electron chi connectivity index (χ2n) is 12.3. The minimum absolute atomic E-state index is 0.127. The quantitative estimate of drug-likeness (QED) is 0.0833. The van der Waals surface area contributed by atoms with E-state index in [9.17, 15) is 9.90 Å². The Labute approximate surface area is 230 Å². The molecule has 0 bridgehead atoms. The molecule has 0 aromatic rings. The Balaban J connectivity index is 2.03. The van der Waals surface area contributed by atoms with Crippen LogP contribution >= 0.6 is 0 Å². The van der Waals surface area contributed by atoms with Crippen LogP contribution in [0.3, 0.4) is 0 Å². The van der Waals surface area contributed by atoms with Crippen LogP contribution in [0.1, 0.15) is 143 Å². The van der Waals surface area contributed by atoms with Gasteiger partial charge in [-0.1, -0.05) is 96.1 Å². The van der Waals surface area contributed by atoms with Crippen molar-refractivity contribution in [3.8, 4) is 0 Å². The molecule has 3 unspecified atom stereocenters. The van der Waals surface area contributed by atoms with Crippen LogP contribution < -0.4 is 0 Å². The molecule has 0 aliphatic carbocycles. The fraction of sp³-hybridized carbons (Fsp3) is 0.906. The molecule has 0 radical (unpaired) electrons. The van der Waals surface area contributed by atoms with Crippen LogP contribution in [-0.2, 0) is 14.3 Å². The van der Waals surface area contributed by atoms with E-state index < -0.39 is 11.8 Å². The third-order valence-electron chi connectivity index (χ3n) is 7.96. The van der Waals surface area contributed by atoms with Crippen molar-refractivity contribution in [3.05, 3.63) is 12.2 Å². The summed E-state index contributed by atoms with van der Waals surface area (Å²) in [6, 6.07) is -0.477. The van der Waals surface area contributed by atoms with E-state index in [1.807, 2.05) is 34.9 Å². The number of rotatable bonds is 23. The number of carbonyl (C=O) groups is 1. The fourth-order valence-corrected chi connectivity index (χ4v) is 5.70. The molecule has 1 aliphatic rings. The van der Waals surface area contributed by atoms with E-state index in [0.29, 0.717) is 10.9 Å². The molecule has 0 spiro atoms. The number of aliphatic hydroxyl groups excluding tert-OH is 1. The predicted molar refractivity (Wildman–Crippen MR) is 155 cm³/mol. The number of aliphatic hydroxyl groups is 1. The third-order valence-corrected chi connectivity index (χ3v) is 7.96. The average Bonchev–Trinajstić information content (AvgIpc) is 3.13. The normalized spacial score (nSPS) is 20.6. The van der Waals surface area contributed by atoms with Gasteiger partial charge in [-0.05, 0) is 52.9 Å². The highest BCUT2D eigenvalue weighted by Gasteiger charge is 2.51. The van der Waals surface area contributed by atoms with E-state index in [1.54, 1.807) is 0 Å².